The van der Waals surface area contributed by atoms with Crippen LogP contribution in [0, 0.1) is 5.92 Å². The van der Waals surface area contributed by atoms with Crippen LogP contribution >= 0.6 is 0 Å². The molecule has 1 saturated carbocycles. The van der Waals surface area contributed by atoms with E-state index in [2.05, 4.69) is 27.4 Å². The molecule has 1 aliphatic carbocycles. The van der Waals surface area contributed by atoms with E-state index in [1.807, 2.05) is 19.1 Å². The summed E-state index contributed by atoms with van der Waals surface area (Å²) in [6.45, 7) is 3.23. The summed E-state index contributed by atoms with van der Waals surface area (Å²) in [6, 6.07) is 8.02. The fourth-order valence-electron chi connectivity index (χ4n) is 4.59. The minimum Gasteiger partial charge on any atom is -0.481 e. The van der Waals surface area contributed by atoms with E-state index in [0.717, 1.165) is 31.4 Å². The maximum absolute atomic E-state index is 13.3. The first-order valence-corrected chi connectivity index (χ1v) is 11.1. The number of carboxylic acids is 1. The summed E-state index contributed by atoms with van der Waals surface area (Å²) in [5.74, 6) is 0.347. The van der Waals surface area contributed by atoms with E-state index in [4.69, 9.17) is 15.6 Å². The van der Waals surface area contributed by atoms with E-state index in [1.165, 1.54) is 5.56 Å². The fraction of sp³-hybridized carbons (Fsp3) is 0.478. The lowest BCUT2D eigenvalue weighted by atomic mass is 9.77. The first kappa shape index (κ1) is 21.9. The third-order valence-corrected chi connectivity index (χ3v) is 6.24. The van der Waals surface area contributed by atoms with Gasteiger partial charge in [-0.05, 0) is 62.1 Å². The average Bonchev–Trinajstić information content (AvgIpc) is 2.93. The van der Waals surface area contributed by atoms with Crippen LogP contribution in [0.2, 0.25) is 0 Å². The van der Waals surface area contributed by atoms with Crippen LogP contribution in [0.4, 0.5) is 17.5 Å². The van der Waals surface area contributed by atoms with Crippen LogP contribution in [-0.2, 0) is 4.79 Å². The molecule has 0 radical (unpaired) electrons. The number of rotatable bonds is 6. The highest BCUT2D eigenvalue weighted by Crippen LogP contribution is 2.38. The number of hydrogen-bond donors (Lipinski definition) is 3. The van der Waals surface area contributed by atoms with Crippen molar-refractivity contribution in [1.82, 2.24) is 9.97 Å². The molecule has 2 aromatic rings. The number of nitrogen functional groups attached to an aromatic ring is 1. The lowest BCUT2D eigenvalue weighted by Gasteiger charge is -2.28. The Morgan fingerprint density at radius 3 is 2.59 bits per heavy atom. The molecule has 1 fully saturated rings. The molecule has 0 atom stereocenters. The van der Waals surface area contributed by atoms with E-state index in [-0.39, 0.29) is 35.5 Å². The molecule has 9 heteroatoms. The molecule has 4 rings (SSSR count). The Balaban J connectivity index is 1.49. The number of anilines is 3. The van der Waals surface area contributed by atoms with Gasteiger partial charge in [0.1, 0.15) is 18.0 Å². The highest BCUT2D eigenvalue weighted by Gasteiger charge is 2.30. The molecule has 1 aliphatic heterocycles. The monoisotopic (exact) mass is 439 g/mol. The van der Waals surface area contributed by atoms with Crippen molar-refractivity contribution in [3.05, 3.63) is 35.4 Å². The summed E-state index contributed by atoms with van der Waals surface area (Å²) in [4.78, 5) is 34.3. The van der Waals surface area contributed by atoms with Gasteiger partial charge in [0.25, 0.3) is 5.91 Å². The van der Waals surface area contributed by atoms with E-state index in [1.54, 1.807) is 4.90 Å². The summed E-state index contributed by atoms with van der Waals surface area (Å²) in [5, 5.41) is 12.0. The van der Waals surface area contributed by atoms with E-state index in [0.29, 0.717) is 31.6 Å². The fourth-order valence-corrected chi connectivity index (χ4v) is 4.59. The van der Waals surface area contributed by atoms with Crippen LogP contribution in [0.5, 0.6) is 5.88 Å². The molecule has 0 saturated heterocycles. The number of hydrogen-bond acceptors (Lipinski definition) is 7. The number of nitrogens with zero attached hydrogens (tertiary/aromatic N) is 3. The minimum absolute atomic E-state index is 0.0950. The summed E-state index contributed by atoms with van der Waals surface area (Å²) in [6.07, 6.45) is 4.11. The van der Waals surface area contributed by atoms with Gasteiger partial charge in [-0.2, -0.15) is 9.97 Å². The van der Waals surface area contributed by atoms with Gasteiger partial charge in [-0.1, -0.05) is 12.1 Å². The van der Waals surface area contributed by atoms with Crippen molar-refractivity contribution in [2.24, 2.45) is 5.92 Å². The van der Waals surface area contributed by atoms with Gasteiger partial charge in [0.2, 0.25) is 11.8 Å². The number of carbonyl (C=O) groups is 2. The standard InChI is InChI=1S/C23H29N5O4/c1-2-25-23-26-20(24)19-21(27-23)32-12-11-28(22(19)31)17-9-7-16(8-10-17)15-5-3-14(4-6-15)13-18(29)30/h7-10,14-15H,2-6,11-13H2,1H3,(H,29,30)(H3,24,25,26,27)/t14-,15-. The second-order valence-electron chi connectivity index (χ2n) is 8.36. The second-order valence-corrected chi connectivity index (χ2v) is 8.36. The number of carbonyl (C=O) groups excluding carboxylic acids is 1. The van der Waals surface area contributed by atoms with E-state index < -0.39 is 5.97 Å². The molecule has 0 bridgehead atoms. The predicted molar refractivity (Wildman–Crippen MR) is 121 cm³/mol. The van der Waals surface area contributed by atoms with Crippen molar-refractivity contribution in [3.63, 3.8) is 0 Å². The Bertz CT molecular complexity index is 987. The highest BCUT2D eigenvalue weighted by molar-refractivity contribution is 6.10. The van der Waals surface area contributed by atoms with Crippen LogP contribution in [0.15, 0.2) is 24.3 Å². The van der Waals surface area contributed by atoms with Gasteiger partial charge in [0.05, 0.1) is 6.54 Å². The number of carboxylic acid groups (broad SMARTS) is 1. The van der Waals surface area contributed by atoms with Gasteiger partial charge in [0.15, 0.2) is 0 Å². The quantitative estimate of drug-likeness (QED) is 0.625. The van der Waals surface area contributed by atoms with Crippen molar-refractivity contribution >= 4 is 29.3 Å². The third-order valence-electron chi connectivity index (χ3n) is 6.24. The van der Waals surface area contributed by atoms with Crippen LogP contribution in [0.1, 0.15) is 60.9 Å². The van der Waals surface area contributed by atoms with E-state index >= 15 is 0 Å². The summed E-state index contributed by atoms with van der Waals surface area (Å²) < 4.78 is 5.72. The molecule has 32 heavy (non-hydrogen) atoms. The molecular formula is C23H29N5O4. The van der Waals surface area contributed by atoms with Gasteiger partial charge in [-0.15, -0.1) is 0 Å². The Labute approximate surface area is 187 Å². The number of amides is 1. The zero-order chi connectivity index (χ0) is 22.7. The molecule has 1 aromatic carbocycles. The van der Waals surface area contributed by atoms with Crippen molar-refractivity contribution in [2.75, 3.05) is 35.6 Å². The molecule has 0 unspecified atom stereocenters. The van der Waals surface area contributed by atoms with Gasteiger partial charge < -0.3 is 25.8 Å². The molecule has 2 aliphatic rings. The molecule has 1 aromatic heterocycles. The van der Waals surface area contributed by atoms with Gasteiger partial charge in [-0.25, -0.2) is 0 Å². The first-order valence-electron chi connectivity index (χ1n) is 11.1. The van der Waals surface area contributed by atoms with Crippen molar-refractivity contribution < 1.29 is 19.4 Å². The predicted octanol–water partition coefficient (Wildman–Crippen LogP) is 3.28. The van der Waals surface area contributed by atoms with Crippen LogP contribution < -0.4 is 20.7 Å². The largest absolute Gasteiger partial charge is 0.481 e. The Morgan fingerprint density at radius 2 is 1.94 bits per heavy atom. The number of ether oxygens (including phenoxy) is 1. The third kappa shape index (κ3) is 4.61. The van der Waals surface area contributed by atoms with E-state index in [9.17, 15) is 9.59 Å². The van der Waals surface area contributed by atoms with Crippen molar-refractivity contribution in [3.8, 4) is 5.88 Å². The number of nitrogens with two attached hydrogens (primary N) is 1. The second kappa shape index (κ2) is 9.42. The molecule has 0 spiro atoms. The zero-order valence-corrected chi connectivity index (χ0v) is 18.2. The van der Waals surface area contributed by atoms with Crippen molar-refractivity contribution in [1.29, 1.82) is 0 Å². The molecule has 9 nitrogen and oxygen atoms in total. The van der Waals surface area contributed by atoms with Crippen LogP contribution in [-0.4, -0.2) is 46.6 Å². The smallest absolute Gasteiger partial charge is 0.303 e. The molecule has 1 amide bonds. The number of benzene rings is 1. The summed E-state index contributed by atoms with van der Waals surface area (Å²) >= 11 is 0. The number of fused-ring (bicyclic) bond motifs is 1. The minimum atomic E-state index is -0.714. The molecular weight excluding hydrogens is 410 g/mol. The molecule has 170 valence electrons. The maximum atomic E-state index is 13.3. The Hall–Kier alpha value is -3.36. The number of nitrogens with one attached hydrogen (secondary N) is 1. The van der Waals surface area contributed by atoms with Crippen LogP contribution in [0.25, 0.3) is 0 Å². The highest BCUT2D eigenvalue weighted by atomic mass is 16.5. The zero-order valence-electron chi connectivity index (χ0n) is 18.2. The summed E-state index contributed by atoms with van der Waals surface area (Å²) in [7, 11) is 0. The lowest BCUT2D eigenvalue weighted by molar-refractivity contribution is -0.138. The number of aromatic nitrogens is 2. The van der Waals surface area contributed by atoms with Crippen LogP contribution in [0.3, 0.4) is 0 Å². The SMILES string of the molecule is CCNc1nc(N)c2c(n1)OCCN(c1ccc([C@H]3CC[C@H](CC(=O)O)CC3)cc1)C2=O. The van der Waals surface area contributed by atoms with Crippen molar-refractivity contribution in [2.45, 2.75) is 44.9 Å². The molecule has 2 heterocycles. The lowest BCUT2D eigenvalue weighted by Crippen LogP contribution is -2.32. The average molecular weight is 440 g/mol. The maximum Gasteiger partial charge on any atom is 0.303 e. The number of aliphatic carboxylic acids is 1. The molecule has 4 N–H and O–H groups in total. The van der Waals surface area contributed by atoms with Gasteiger partial charge in [-0.3, -0.25) is 9.59 Å². The topological polar surface area (TPSA) is 131 Å². The van der Waals surface area contributed by atoms with Gasteiger partial charge >= 0.3 is 5.97 Å². The first-order chi connectivity index (χ1) is 15.5. The van der Waals surface area contributed by atoms with Gasteiger partial charge in [0, 0.05) is 18.7 Å². The Morgan fingerprint density at radius 1 is 1.22 bits per heavy atom. The Kier molecular flexibility index (Phi) is 6.43. The normalized spacial score (nSPS) is 20.8. The summed E-state index contributed by atoms with van der Waals surface area (Å²) in [5.41, 5.74) is 8.26.